The Balaban J connectivity index is 1.71. The van der Waals surface area contributed by atoms with Gasteiger partial charge >= 0.3 is 6.09 Å². The van der Waals surface area contributed by atoms with Crippen LogP contribution in [0.3, 0.4) is 0 Å². The largest absolute Gasteiger partial charge is 0.465 e. The molecule has 1 rings (SSSR count). The zero-order valence-corrected chi connectivity index (χ0v) is 17.2. The van der Waals surface area contributed by atoms with Crippen LogP contribution in [0.1, 0.15) is 5.56 Å². The molecule has 0 aliphatic rings. The fourth-order valence-corrected chi connectivity index (χ4v) is 2.23. The van der Waals surface area contributed by atoms with Gasteiger partial charge in [-0.3, -0.25) is 0 Å². The highest BCUT2D eigenvalue weighted by Gasteiger charge is 1.96. The van der Waals surface area contributed by atoms with Gasteiger partial charge in [0.05, 0.1) is 66.1 Å². The minimum absolute atomic E-state index is 0.272. The fraction of sp³-hybridized carbons (Fsp3) is 0.650. The van der Waals surface area contributed by atoms with Gasteiger partial charge in [-0.25, -0.2) is 4.79 Å². The number of ether oxygens (including phenoxy) is 5. The highest BCUT2D eigenvalue weighted by atomic mass is 16.6. The topological polar surface area (TPSA) is 108 Å². The summed E-state index contributed by atoms with van der Waals surface area (Å²) in [6.45, 7) is 8.02. The van der Waals surface area contributed by atoms with Gasteiger partial charge in [0.25, 0.3) is 0 Å². The van der Waals surface area contributed by atoms with E-state index in [0.29, 0.717) is 66.1 Å². The van der Waals surface area contributed by atoms with E-state index in [1.807, 2.05) is 12.1 Å². The Hall–Kier alpha value is -1.91. The quantitative estimate of drug-likeness (QED) is 0.294. The highest BCUT2D eigenvalue weighted by molar-refractivity contribution is 5.64. The van der Waals surface area contributed by atoms with Crippen LogP contribution < -0.4 is 10.6 Å². The van der Waals surface area contributed by atoms with E-state index in [1.165, 1.54) is 5.56 Å². The molecule has 9 nitrogen and oxygen atoms in total. The second-order valence-corrected chi connectivity index (χ2v) is 6.09. The molecular formula is C20H34N2O7. The molecule has 0 bridgehead atoms. The monoisotopic (exact) mass is 414 g/mol. The number of amides is 1. The number of benzene rings is 1. The Labute approximate surface area is 172 Å². The zero-order valence-electron chi connectivity index (χ0n) is 17.2. The average Bonchev–Trinajstić information content (AvgIpc) is 2.69. The number of hydrogen-bond donors (Lipinski definition) is 3. The summed E-state index contributed by atoms with van der Waals surface area (Å²) in [6, 6.07) is 8.24. The summed E-state index contributed by atoms with van der Waals surface area (Å²) >= 11 is 0. The lowest BCUT2D eigenvalue weighted by Gasteiger charge is -2.09. The van der Waals surface area contributed by atoms with Gasteiger partial charge in [0.2, 0.25) is 0 Å². The second-order valence-electron chi connectivity index (χ2n) is 6.09. The van der Waals surface area contributed by atoms with Crippen LogP contribution in [0.2, 0.25) is 0 Å². The van der Waals surface area contributed by atoms with Gasteiger partial charge in [0.1, 0.15) is 0 Å². The van der Waals surface area contributed by atoms with Crippen LogP contribution in [0, 0.1) is 6.92 Å². The fourth-order valence-electron chi connectivity index (χ4n) is 2.23. The molecule has 1 amide bonds. The number of carbonyl (C=O) groups is 1. The molecule has 0 aromatic heterocycles. The summed E-state index contributed by atoms with van der Waals surface area (Å²) in [7, 11) is 0. The van der Waals surface area contributed by atoms with Gasteiger partial charge in [-0.15, -0.1) is 0 Å². The summed E-state index contributed by atoms with van der Waals surface area (Å²) in [6.07, 6.45) is -1.05. The predicted octanol–water partition coefficient (Wildman–Crippen LogP) is 1.76. The van der Waals surface area contributed by atoms with Gasteiger partial charge in [-0.05, 0) is 24.6 Å². The Bertz CT molecular complexity index is 531. The summed E-state index contributed by atoms with van der Waals surface area (Å²) < 4.78 is 26.9. The Morgan fingerprint density at radius 2 is 1.28 bits per heavy atom. The summed E-state index contributed by atoms with van der Waals surface area (Å²) in [4.78, 5) is 10.2. The first kappa shape index (κ1) is 25.1. The average molecular weight is 414 g/mol. The van der Waals surface area contributed by atoms with Gasteiger partial charge in [-0.1, -0.05) is 12.1 Å². The maximum atomic E-state index is 10.2. The Kier molecular flexibility index (Phi) is 15.7. The molecule has 1 aromatic carbocycles. The van der Waals surface area contributed by atoms with Crippen molar-refractivity contribution in [3.8, 4) is 0 Å². The molecule has 0 saturated carbocycles. The van der Waals surface area contributed by atoms with E-state index in [9.17, 15) is 4.79 Å². The molecule has 0 unspecified atom stereocenters. The van der Waals surface area contributed by atoms with Crippen LogP contribution in [0.4, 0.5) is 10.5 Å². The van der Waals surface area contributed by atoms with Crippen molar-refractivity contribution in [3.05, 3.63) is 29.8 Å². The summed E-state index contributed by atoms with van der Waals surface area (Å²) in [5.74, 6) is 0. The summed E-state index contributed by atoms with van der Waals surface area (Å²) in [5.41, 5.74) is 2.33. The van der Waals surface area contributed by atoms with Crippen LogP contribution in [-0.4, -0.2) is 90.4 Å². The van der Waals surface area contributed by atoms with Crippen LogP contribution in [0.15, 0.2) is 24.3 Å². The Morgan fingerprint density at radius 3 is 1.76 bits per heavy atom. The van der Waals surface area contributed by atoms with E-state index in [4.69, 9.17) is 28.8 Å². The molecule has 0 saturated heterocycles. The lowest BCUT2D eigenvalue weighted by Crippen LogP contribution is -2.25. The number of nitrogens with one attached hydrogen (secondary N) is 2. The minimum Gasteiger partial charge on any atom is -0.465 e. The standard InChI is InChI=1S/C20H34N2O7/c1-18-3-2-4-19(17-18)21-5-7-25-9-11-27-13-15-29-16-14-28-12-10-26-8-6-22-20(23)24/h2-4,17,21-22H,5-16H2,1H3,(H,23,24). The summed E-state index contributed by atoms with van der Waals surface area (Å²) in [5, 5.41) is 13.9. The molecule has 0 radical (unpaired) electrons. The van der Waals surface area contributed by atoms with Crippen molar-refractivity contribution in [1.82, 2.24) is 5.32 Å². The van der Waals surface area contributed by atoms with Crippen LogP contribution in [-0.2, 0) is 23.7 Å². The van der Waals surface area contributed by atoms with E-state index in [2.05, 4.69) is 29.7 Å². The molecule has 29 heavy (non-hydrogen) atoms. The normalized spacial score (nSPS) is 10.8. The van der Waals surface area contributed by atoms with E-state index in [0.717, 1.165) is 12.2 Å². The van der Waals surface area contributed by atoms with Crippen molar-refractivity contribution in [3.63, 3.8) is 0 Å². The lowest BCUT2D eigenvalue weighted by molar-refractivity contribution is -0.0101. The van der Waals surface area contributed by atoms with Crippen molar-refractivity contribution in [2.75, 3.05) is 84.5 Å². The van der Waals surface area contributed by atoms with Crippen LogP contribution >= 0.6 is 0 Å². The number of carboxylic acid groups (broad SMARTS) is 1. The molecule has 3 N–H and O–H groups in total. The van der Waals surface area contributed by atoms with Crippen molar-refractivity contribution in [1.29, 1.82) is 0 Å². The number of rotatable bonds is 19. The SMILES string of the molecule is Cc1cccc(NCCOCCOCCOCCOCCOCCNC(=O)O)c1. The second kappa shape index (κ2) is 18.1. The molecule has 0 aliphatic carbocycles. The minimum atomic E-state index is -1.05. The van der Waals surface area contributed by atoms with Crippen LogP contribution in [0.5, 0.6) is 0 Å². The third kappa shape index (κ3) is 16.7. The number of hydrogen-bond acceptors (Lipinski definition) is 7. The van der Waals surface area contributed by atoms with Gasteiger partial charge in [0.15, 0.2) is 0 Å². The molecule has 9 heteroatoms. The first-order chi connectivity index (χ1) is 14.2. The van der Waals surface area contributed by atoms with Crippen molar-refractivity contribution in [2.24, 2.45) is 0 Å². The van der Waals surface area contributed by atoms with Gasteiger partial charge < -0.3 is 39.4 Å². The molecule has 0 fully saturated rings. The van der Waals surface area contributed by atoms with Gasteiger partial charge in [0, 0.05) is 18.8 Å². The van der Waals surface area contributed by atoms with Crippen molar-refractivity contribution >= 4 is 11.8 Å². The first-order valence-electron chi connectivity index (χ1n) is 9.84. The molecular weight excluding hydrogens is 380 g/mol. The maximum Gasteiger partial charge on any atom is 0.404 e. The number of aryl methyl sites for hydroxylation is 1. The Morgan fingerprint density at radius 1 is 0.793 bits per heavy atom. The highest BCUT2D eigenvalue weighted by Crippen LogP contribution is 2.08. The third-order valence-corrected chi connectivity index (χ3v) is 3.60. The lowest BCUT2D eigenvalue weighted by atomic mass is 10.2. The molecule has 0 heterocycles. The smallest absolute Gasteiger partial charge is 0.404 e. The van der Waals surface area contributed by atoms with Gasteiger partial charge in [-0.2, -0.15) is 0 Å². The molecule has 0 atom stereocenters. The predicted molar refractivity (Wildman–Crippen MR) is 110 cm³/mol. The van der Waals surface area contributed by atoms with E-state index in [1.54, 1.807) is 0 Å². The van der Waals surface area contributed by atoms with E-state index < -0.39 is 6.09 Å². The van der Waals surface area contributed by atoms with Crippen LogP contribution in [0.25, 0.3) is 0 Å². The molecule has 1 aromatic rings. The maximum absolute atomic E-state index is 10.2. The number of anilines is 1. The molecule has 0 spiro atoms. The first-order valence-corrected chi connectivity index (χ1v) is 9.84. The third-order valence-electron chi connectivity index (χ3n) is 3.60. The van der Waals surface area contributed by atoms with Crippen molar-refractivity contribution < 1.29 is 33.6 Å². The van der Waals surface area contributed by atoms with Crippen molar-refractivity contribution in [2.45, 2.75) is 6.92 Å². The molecule has 0 aliphatic heterocycles. The van der Waals surface area contributed by atoms with E-state index in [-0.39, 0.29) is 6.54 Å². The zero-order chi connectivity index (χ0) is 21.0. The van der Waals surface area contributed by atoms with E-state index >= 15 is 0 Å². The molecule has 166 valence electrons.